The molecule has 3 N–H and O–H groups in total. The highest BCUT2D eigenvalue weighted by Crippen LogP contribution is 2.60. The van der Waals surface area contributed by atoms with Crippen LogP contribution in [0.1, 0.15) is 28.1 Å². The van der Waals surface area contributed by atoms with Crippen molar-refractivity contribution in [2.24, 2.45) is 0 Å². The van der Waals surface area contributed by atoms with Crippen molar-refractivity contribution in [2.75, 3.05) is 7.11 Å². The number of nitrogens with one attached hydrogen (secondary N) is 1. The number of aromatic nitrogens is 4. The third-order valence-electron chi connectivity index (χ3n) is 7.12. The van der Waals surface area contributed by atoms with E-state index in [9.17, 15) is 21.8 Å². The molecule has 0 saturated carbocycles. The summed E-state index contributed by atoms with van der Waals surface area (Å²) in [4.78, 5) is 18.2. The van der Waals surface area contributed by atoms with Crippen LogP contribution < -0.4 is 4.74 Å². The van der Waals surface area contributed by atoms with Crippen molar-refractivity contribution in [2.45, 2.75) is 30.1 Å². The average Bonchev–Trinajstić information content (AvgIpc) is 3.54. The van der Waals surface area contributed by atoms with Gasteiger partial charge in [-0.15, -0.1) is 10.2 Å². The highest BCUT2D eigenvalue weighted by Gasteiger charge is 2.51. The van der Waals surface area contributed by atoms with E-state index in [-0.39, 0.29) is 29.3 Å². The van der Waals surface area contributed by atoms with Crippen LogP contribution in [0.25, 0.3) is 11.1 Å². The number of nitrogens with zero attached hydrogens (tertiary/aromatic N) is 4. The Bertz CT molecular complexity index is 1980. The minimum atomic E-state index is -5.87. The van der Waals surface area contributed by atoms with Crippen molar-refractivity contribution in [1.82, 2.24) is 24.9 Å². The number of sulfonamides is 1. The van der Waals surface area contributed by atoms with Gasteiger partial charge < -0.3 is 14.5 Å². The molecule has 0 saturated heterocycles. The van der Waals surface area contributed by atoms with Gasteiger partial charge in [0.1, 0.15) is 10.6 Å². The molecule has 1 aromatic heterocycles. The topological polar surface area (TPSA) is 159 Å². The van der Waals surface area contributed by atoms with Gasteiger partial charge in [0.2, 0.25) is 10.0 Å². The van der Waals surface area contributed by atoms with E-state index in [0.717, 1.165) is 39.2 Å². The summed E-state index contributed by atoms with van der Waals surface area (Å²) >= 11 is 6.04. The zero-order chi connectivity index (χ0) is 33.1. The summed E-state index contributed by atoms with van der Waals surface area (Å²) in [5.41, 5.74) is -1.92. The Kier molecular flexibility index (Phi) is 9.68. The molecule has 0 aliphatic heterocycles. The number of para-hydroxylation sites is 1. The lowest BCUT2D eigenvalue weighted by Gasteiger charge is -2.24. The van der Waals surface area contributed by atoms with Gasteiger partial charge in [-0.3, -0.25) is 4.57 Å². The predicted octanol–water partition coefficient (Wildman–Crippen LogP) is 5.74. The number of halogens is 3. The first-order valence-corrected chi connectivity index (χ1v) is 17.0. The lowest BCUT2D eigenvalue weighted by molar-refractivity contribution is 0.0565. The molecule has 0 atom stereocenters. The van der Waals surface area contributed by atoms with Crippen LogP contribution in [-0.4, -0.2) is 50.2 Å². The number of aromatic amines is 1. The van der Waals surface area contributed by atoms with Crippen LogP contribution in [0.4, 0.5) is 8.78 Å². The van der Waals surface area contributed by atoms with Gasteiger partial charge in [-0.2, -0.15) is 18.3 Å². The third-order valence-corrected chi connectivity index (χ3v) is 10.2. The van der Waals surface area contributed by atoms with Gasteiger partial charge in [-0.25, -0.2) is 8.42 Å². The quantitative estimate of drug-likeness (QED) is 0.139. The van der Waals surface area contributed by atoms with Crippen molar-refractivity contribution in [1.29, 1.82) is 0 Å². The minimum Gasteiger partial charge on any atom is -0.495 e. The largest absolute Gasteiger partial charge is 0.495 e. The monoisotopic (exact) mass is 689 g/mol. The first kappa shape index (κ1) is 33.3. The summed E-state index contributed by atoms with van der Waals surface area (Å²) in [5, 5.41) is 13.3. The first-order chi connectivity index (χ1) is 21.8. The van der Waals surface area contributed by atoms with E-state index < -0.39 is 33.9 Å². The molecule has 0 aliphatic carbocycles. The van der Waals surface area contributed by atoms with E-state index >= 15 is 0 Å². The van der Waals surface area contributed by atoms with Crippen LogP contribution in [0.5, 0.6) is 5.75 Å². The molecule has 0 spiro atoms. The van der Waals surface area contributed by atoms with Crippen molar-refractivity contribution < 1.29 is 36.3 Å². The molecule has 1 heterocycles. The molecule has 5 rings (SSSR count). The Morgan fingerprint density at radius 2 is 1.50 bits per heavy atom. The van der Waals surface area contributed by atoms with E-state index in [1.807, 2.05) is 36.4 Å². The summed E-state index contributed by atoms with van der Waals surface area (Å²) in [7, 11) is -8.76. The molecule has 46 heavy (non-hydrogen) atoms. The highest BCUT2D eigenvalue weighted by molar-refractivity contribution is 7.89. The normalized spacial score (nSPS) is 12.4. The number of benzene rings is 4. The fraction of sp³-hybridized carbons (Fsp3) is 0.167. The van der Waals surface area contributed by atoms with Crippen molar-refractivity contribution in [3.8, 4) is 16.9 Å². The third kappa shape index (κ3) is 7.17. The zero-order valence-electron chi connectivity index (χ0n) is 24.1. The standard InChI is InChI=1S/C30H27ClF2N5O6PS/c1-44-27-4-2-3-5-28(27)46(42,43)38(19-22-10-15-25(26(31)16-22)30(32,33)45(39,40)41)18-21-8-13-24(14-9-21)23-11-6-20(7-12-23)17-29-34-36-37-35-29/h2-16H,17-19H2,1H3,(H2,39,40,41)(H,34,35,36,37). The van der Waals surface area contributed by atoms with Gasteiger partial charge in [0.15, 0.2) is 5.82 Å². The van der Waals surface area contributed by atoms with E-state index in [2.05, 4.69) is 20.6 Å². The molecule has 0 aliphatic rings. The van der Waals surface area contributed by atoms with Crippen molar-refractivity contribution in [3.05, 3.63) is 124 Å². The van der Waals surface area contributed by atoms with Crippen LogP contribution in [-0.2, 0) is 39.8 Å². The smallest absolute Gasteiger partial charge is 0.399 e. The molecule has 4 aromatic carbocycles. The number of methoxy groups -OCH3 is 1. The average molecular weight is 690 g/mol. The van der Waals surface area contributed by atoms with E-state index in [1.54, 1.807) is 24.3 Å². The van der Waals surface area contributed by atoms with Gasteiger partial charge in [0.25, 0.3) is 0 Å². The molecule has 240 valence electrons. The Morgan fingerprint density at radius 3 is 2.07 bits per heavy atom. The summed E-state index contributed by atoms with van der Waals surface area (Å²) in [6.45, 7) is -0.409. The predicted molar refractivity (Wildman–Crippen MR) is 166 cm³/mol. The number of hydrogen-bond donors (Lipinski definition) is 3. The minimum absolute atomic E-state index is 0.106. The second-order valence-corrected chi connectivity index (χ2v) is 14.2. The van der Waals surface area contributed by atoms with Crippen LogP contribution in [0.2, 0.25) is 5.02 Å². The van der Waals surface area contributed by atoms with Crippen LogP contribution in [0.3, 0.4) is 0 Å². The Morgan fingerprint density at radius 1 is 0.913 bits per heavy atom. The van der Waals surface area contributed by atoms with Crippen LogP contribution in [0.15, 0.2) is 95.9 Å². The Labute approximate surface area is 268 Å². The maximum atomic E-state index is 14.4. The summed E-state index contributed by atoms with van der Waals surface area (Å²) in [6, 6.07) is 24.1. The molecule has 0 unspecified atom stereocenters. The van der Waals surface area contributed by atoms with E-state index in [0.29, 0.717) is 17.8 Å². The van der Waals surface area contributed by atoms with Crippen LogP contribution in [0, 0.1) is 0 Å². The van der Waals surface area contributed by atoms with Crippen LogP contribution >= 0.6 is 19.2 Å². The fourth-order valence-corrected chi connectivity index (χ4v) is 7.19. The van der Waals surface area contributed by atoms with Gasteiger partial charge in [0.05, 0.1) is 17.7 Å². The van der Waals surface area contributed by atoms with Crippen molar-refractivity contribution >= 4 is 29.2 Å². The molecule has 16 heteroatoms. The first-order valence-electron chi connectivity index (χ1n) is 13.6. The molecule has 5 aromatic rings. The molecule has 0 fully saturated rings. The maximum Gasteiger partial charge on any atom is 0.399 e. The summed E-state index contributed by atoms with van der Waals surface area (Å²) in [6.07, 6.45) is 0.520. The molecular weight excluding hydrogens is 663 g/mol. The zero-order valence-corrected chi connectivity index (χ0v) is 26.6. The SMILES string of the molecule is COc1ccccc1S(=O)(=O)N(Cc1ccc(-c2ccc(Cc3nn[nH]n3)cc2)cc1)Cc1ccc(C(F)(F)P(=O)(O)O)c(Cl)c1. The number of H-pyrrole nitrogens is 1. The summed E-state index contributed by atoms with van der Waals surface area (Å²) in [5.74, 6) is 0.683. The number of hydrogen-bond acceptors (Lipinski definition) is 7. The van der Waals surface area contributed by atoms with E-state index in [1.165, 1.54) is 19.2 Å². The van der Waals surface area contributed by atoms with Gasteiger partial charge in [-0.1, -0.05) is 89.6 Å². The molecule has 0 amide bonds. The van der Waals surface area contributed by atoms with E-state index in [4.69, 9.17) is 26.1 Å². The molecular formula is C30H27ClF2N5O6PS. The second-order valence-electron chi connectivity index (χ2n) is 10.2. The fourth-order valence-electron chi connectivity index (χ4n) is 4.72. The molecule has 11 nitrogen and oxygen atoms in total. The lowest BCUT2D eigenvalue weighted by atomic mass is 10.0. The number of ether oxygens (including phenoxy) is 1. The maximum absolute atomic E-state index is 14.4. The highest BCUT2D eigenvalue weighted by atomic mass is 35.5. The molecule has 0 radical (unpaired) electrons. The number of alkyl halides is 2. The van der Waals surface area contributed by atoms with Crippen molar-refractivity contribution in [3.63, 3.8) is 0 Å². The summed E-state index contributed by atoms with van der Waals surface area (Å²) < 4.78 is 74.5. The Balaban J connectivity index is 1.43. The number of tetrazole rings is 1. The molecule has 0 bridgehead atoms. The Hall–Kier alpha value is -4.04. The number of rotatable bonds is 12. The second kappa shape index (κ2) is 13.4. The van der Waals surface area contributed by atoms with Gasteiger partial charge in [0, 0.05) is 19.5 Å². The van der Waals surface area contributed by atoms with Gasteiger partial charge in [-0.05, 0) is 46.0 Å². The van der Waals surface area contributed by atoms with Gasteiger partial charge >= 0.3 is 13.3 Å². The lowest BCUT2D eigenvalue weighted by Crippen LogP contribution is -2.30.